The predicted molar refractivity (Wildman–Crippen MR) is 99.1 cm³/mol. The van der Waals surface area contributed by atoms with E-state index in [1.54, 1.807) is 4.90 Å². The minimum atomic E-state index is -0.501. The highest BCUT2D eigenvalue weighted by Crippen LogP contribution is 2.42. The monoisotopic (exact) mass is 349 g/mol. The van der Waals surface area contributed by atoms with Gasteiger partial charge in [0, 0.05) is 16.4 Å². The average molecular weight is 350 g/mol. The average Bonchev–Trinajstić information content (AvgIpc) is 3.45. The van der Waals surface area contributed by atoms with Crippen LogP contribution in [0.1, 0.15) is 11.7 Å². The van der Waals surface area contributed by atoms with Crippen molar-refractivity contribution in [1.29, 1.82) is 0 Å². The Labute approximate surface area is 151 Å². The predicted octanol–water partition coefficient (Wildman–Crippen LogP) is 5.14. The number of para-hydroxylation sites is 2. The van der Waals surface area contributed by atoms with Crippen molar-refractivity contribution >= 4 is 28.9 Å². The lowest BCUT2D eigenvalue weighted by Gasteiger charge is -2.22. The second-order valence-electron chi connectivity index (χ2n) is 5.88. The third-order valence-corrected chi connectivity index (χ3v) is 4.40. The zero-order valence-electron chi connectivity index (χ0n) is 13.4. The van der Waals surface area contributed by atoms with Gasteiger partial charge in [-0.15, -0.1) is 0 Å². The zero-order chi connectivity index (χ0) is 17.2. The van der Waals surface area contributed by atoms with Crippen molar-refractivity contribution in [2.45, 2.75) is 12.2 Å². The first-order valence-electron chi connectivity index (χ1n) is 8.09. The van der Waals surface area contributed by atoms with Gasteiger partial charge in [-0.25, -0.2) is 0 Å². The van der Waals surface area contributed by atoms with E-state index in [0.717, 1.165) is 16.9 Å². The molecule has 3 nitrogen and oxygen atoms in total. The number of rotatable bonds is 4. The van der Waals surface area contributed by atoms with Crippen molar-refractivity contribution in [2.24, 2.45) is 0 Å². The van der Waals surface area contributed by atoms with E-state index < -0.39 is 6.10 Å². The Balaban J connectivity index is 1.64. The molecule has 0 saturated carbocycles. The normalized spacial score (nSPS) is 18.6. The van der Waals surface area contributed by atoms with E-state index in [1.807, 2.05) is 84.9 Å². The number of epoxide rings is 1. The summed E-state index contributed by atoms with van der Waals surface area (Å²) < 4.78 is 5.69. The summed E-state index contributed by atoms with van der Waals surface area (Å²) in [4.78, 5) is 14.8. The molecule has 4 rings (SSSR count). The number of hydrogen-bond donors (Lipinski definition) is 0. The van der Waals surface area contributed by atoms with Crippen molar-refractivity contribution < 1.29 is 9.53 Å². The van der Waals surface area contributed by atoms with Crippen molar-refractivity contribution in [3.63, 3.8) is 0 Å². The standard InChI is InChI=1S/C21H16ClNO2/c22-16-9-7-8-15(14-16)19-20(25-19)21(24)23(17-10-3-1-4-11-17)18-12-5-2-6-13-18/h1-14,19-20H/t19-,20+/m1/s1. The molecule has 1 amide bonds. The van der Waals surface area contributed by atoms with E-state index in [-0.39, 0.29) is 12.0 Å². The van der Waals surface area contributed by atoms with Gasteiger partial charge in [-0.3, -0.25) is 9.69 Å². The van der Waals surface area contributed by atoms with E-state index in [0.29, 0.717) is 5.02 Å². The van der Waals surface area contributed by atoms with Gasteiger partial charge < -0.3 is 4.74 Å². The highest BCUT2D eigenvalue weighted by Gasteiger charge is 2.48. The van der Waals surface area contributed by atoms with Crippen molar-refractivity contribution in [3.8, 4) is 0 Å². The summed E-state index contributed by atoms with van der Waals surface area (Å²) in [6.07, 6.45) is -0.750. The number of benzene rings is 3. The minimum Gasteiger partial charge on any atom is -0.354 e. The zero-order valence-corrected chi connectivity index (χ0v) is 14.1. The van der Waals surface area contributed by atoms with Gasteiger partial charge in [-0.1, -0.05) is 60.1 Å². The van der Waals surface area contributed by atoms with Crippen LogP contribution in [-0.2, 0) is 9.53 Å². The molecule has 1 heterocycles. The van der Waals surface area contributed by atoms with E-state index in [1.165, 1.54) is 0 Å². The second-order valence-corrected chi connectivity index (χ2v) is 6.31. The van der Waals surface area contributed by atoms with Crippen molar-refractivity contribution in [2.75, 3.05) is 4.90 Å². The van der Waals surface area contributed by atoms with Crippen molar-refractivity contribution in [1.82, 2.24) is 0 Å². The fourth-order valence-electron chi connectivity index (χ4n) is 2.92. The van der Waals surface area contributed by atoms with Crippen LogP contribution in [0, 0.1) is 0 Å². The van der Waals surface area contributed by atoms with Crippen LogP contribution in [0.15, 0.2) is 84.9 Å². The number of carbonyl (C=O) groups is 1. The number of ether oxygens (including phenoxy) is 1. The molecule has 3 aromatic carbocycles. The second kappa shape index (κ2) is 6.71. The van der Waals surface area contributed by atoms with Gasteiger partial charge in [0.15, 0.2) is 6.10 Å². The Morgan fingerprint density at radius 1 is 0.840 bits per heavy atom. The third kappa shape index (κ3) is 3.29. The quantitative estimate of drug-likeness (QED) is 0.610. The van der Waals surface area contributed by atoms with Gasteiger partial charge in [-0.2, -0.15) is 0 Å². The first-order chi connectivity index (χ1) is 12.2. The highest BCUT2D eigenvalue weighted by molar-refractivity contribution is 6.30. The van der Waals surface area contributed by atoms with Gasteiger partial charge in [0.2, 0.25) is 0 Å². The van der Waals surface area contributed by atoms with Crippen LogP contribution < -0.4 is 4.90 Å². The van der Waals surface area contributed by atoms with Gasteiger partial charge in [0.05, 0.1) is 0 Å². The third-order valence-electron chi connectivity index (χ3n) is 4.16. The molecule has 0 radical (unpaired) electrons. The molecule has 1 fully saturated rings. The molecule has 1 aliphatic rings. The lowest BCUT2D eigenvalue weighted by molar-refractivity contribution is -0.119. The van der Waals surface area contributed by atoms with E-state index in [9.17, 15) is 4.79 Å². The van der Waals surface area contributed by atoms with Crippen LogP contribution >= 0.6 is 11.6 Å². The Hall–Kier alpha value is -2.62. The Morgan fingerprint density at radius 2 is 1.44 bits per heavy atom. The first kappa shape index (κ1) is 15.9. The van der Waals surface area contributed by atoms with Crippen molar-refractivity contribution in [3.05, 3.63) is 95.5 Å². The maximum absolute atomic E-state index is 13.1. The van der Waals surface area contributed by atoms with Gasteiger partial charge in [0.25, 0.3) is 5.91 Å². The van der Waals surface area contributed by atoms with Gasteiger partial charge in [0.1, 0.15) is 6.10 Å². The SMILES string of the molecule is O=C([C@H]1O[C@@H]1c1cccc(Cl)c1)N(c1ccccc1)c1ccccc1. The molecule has 0 aromatic heterocycles. The number of amides is 1. The van der Waals surface area contributed by atoms with E-state index in [4.69, 9.17) is 16.3 Å². The van der Waals surface area contributed by atoms with Gasteiger partial charge in [-0.05, 0) is 42.0 Å². The number of nitrogens with zero attached hydrogens (tertiary/aromatic N) is 1. The van der Waals surface area contributed by atoms with Crippen LogP contribution in [0.2, 0.25) is 5.02 Å². The molecule has 1 saturated heterocycles. The number of carbonyl (C=O) groups excluding carboxylic acids is 1. The van der Waals surface area contributed by atoms with Crippen LogP contribution in [0.4, 0.5) is 11.4 Å². The largest absolute Gasteiger partial charge is 0.354 e. The molecule has 3 aromatic rings. The molecule has 0 unspecified atom stereocenters. The highest BCUT2D eigenvalue weighted by atomic mass is 35.5. The van der Waals surface area contributed by atoms with E-state index >= 15 is 0 Å². The molecular formula is C21H16ClNO2. The summed E-state index contributed by atoms with van der Waals surface area (Å²) in [5.41, 5.74) is 2.56. The smallest absolute Gasteiger partial charge is 0.263 e. The molecule has 124 valence electrons. The molecule has 1 aliphatic heterocycles. The van der Waals surface area contributed by atoms with E-state index in [2.05, 4.69) is 0 Å². The molecule has 0 aliphatic carbocycles. The van der Waals surface area contributed by atoms with Crippen LogP contribution in [0.5, 0.6) is 0 Å². The molecule has 0 bridgehead atoms. The number of anilines is 2. The van der Waals surface area contributed by atoms with Crippen LogP contribution in [0.25, 0.3) is 0 Å². The summed E-state index contributed by atoms with van der Waals surface area (Å²) in [5.74, 6) is -0.0811. The summed E-state index contributed by atoms with van der Waals surface area (Å²) >= 11 is 6.05. The Kier molecular flexibility index (Phi) is 4.26. The molecular weight excluding hydrogens is 334 g/mol. The van der Waals surface area contributed by atoms with Crippen LogP contribution in [0.3, 0.4) is 0 Å². The summed E-state index contributed by atoms with van der Waals surface area (Å²) in [7, 11) is 0. The summed E-state index contributed by atoms with van der Waals surface area (Å²) in [6.45, 7) is 0. The maximum atomic E-state index is 13.1. The maximum Gasteiger partial charge on any atom is 0.263 e. The van der Waals surface area contributed by atoms with Gasteiger partial charge >= 0.3 is 0 Å². The lowest BCUT2D eigenvalue weighted by Crippen LogP contribution is -2.30. The Morgan fingerprint density at radius 3 is 2.00 bits per heavy atom. The lowest BCUT2D eigenvalue weighted by atomic mass is 10.1. The first-order valence-corrected chi connectivity index (χ1v) is 8.47. The molecule has 0 N–H and O–H groups in total. The fraction of sp³-hybridized carbons (Fsp3) is 0.0952. The topological polar surface area (TPSA) is 32.8 Å². The molecule has 4 heteroatoms. The summed E-state index contributed by atoms with van der Waals surface area (Å²) in [5, 5.41) is 0.641. The number of hydrogen-bond acceptors (Lipinski definition) is 2. The van der Waals surface area contributed by atoms with Crippen LogP contribution in [-0.4, -0.2) is 12.0 Å². The summed E-state index contributed by atoms with van der Waals surface area (Å²) in [6, 6.07) is 26.7. The fourth-order valence-corrected chi connectivity index (χ4v) is 3.12. The molecule has 25 heavy (non-hydrogen) atoms. The Bertz CT molecular complexity index is 843. The molecule has 0 spiro atoms. The minimum absolute atomic E-state index is 0.0811. The molecule has 2 atom stereocenters. The number of halogens is 1.